The molecular weight excluding hydrogens is 377 g/mol. The number of anilines is 1. The number of aliphatic hydroxyl groups excluding tert-OH is 1. The van der Waals surface area contributed by atoms with E-state index in [-0.39, 0.29) is 38.4 Å². The molecule has 0 radical (unpaired) electrons. The van der Waals surface area contributed by atoms with Crippen LogP contribution in [0.5, 0.6) is 0 Å². The third-order valence-corrected chi connectivity index (χ3v) is 4.47. The maximum atomic E-state index is 12.5. The van der Waals surface area contributed by atoms with Gasteiger partial charge in [0.1, 0.15) is 0 Å². The number of hydrogen-bond donors (Lipinski definition) is 1. The van der Waals surface area contributed by atoms with E-state index >= 15 is 0 Å². The van der Waals surface area contributed by atoms with Crippen LogP contribution in [0.25, 0.3) is 0 Å². The number of unbranched alkanes of at least 4 members (excludes halogenated alkanes) is 4. The van der Waals surface area contributed by atoms with Crippen LogP contribution in [0.1, 0.15) is 58.3 Å². The van der Waals surface area contributed by atoms with E-state index < -0.39 is 23.8 Å². The lowest BCUT2D eigenvalue weighted by Crippen LogP contribution is -2.44. The number of nitrogens with zero attached hydrogens (tertiary/aromatic N) is 4. The second-order valence-electron chi connectivity index (χ2n) is 6.89. The minimum atomic E-state index is -4.28. The van der Waals surface area contributed by atoms with Gasteiger partial charge in [-0.25, -0.2) is 9.48 Å². The molecule has 0 spiro atoms. The van der Waals surface area contributed by atoms with Gasteiger partial charge >= 0.3 is 11.9 Å². The molecule has 0 aromatic carbocycles. The molecule has 7 nitrogen and oxygen atoms in total. The van der Waals surface area contributed by atoms with E-state index in [0.29, 0.717) is 6.54 Å². The lowest BCUT2D eigenvalue weighted by atomic mass is 10.1. The van der Waals surface area contributed by atoms with Gasteiger partial charge in [0.25, 0.3) is 5.56 Å². The molecule has 0 atom stereocenters. The van der Waals surface area contributed by atoms with Crippen molar-refractivity contribution in [2.75, 3.05) is 24.6 Å². The SMILES string of the molecule is CCCCCCCn1nc(N(CCCO)CCCC(F)(F)F)c(=O)n(C)c1=O. The Labute approximate surface area is 162 Å². The fourth-order valence-corrected chi connectivity index (χ4v) is 2.87. The van der Waals surface area contributed by atoms with E-state index in [2.05, 4.69) is 12.0 Å². The van der Waals surface area contributed by atoms with Crippen LogP contribution in [-0.4, -0.2) is 45.3 Å². The van der Waals surface area contributed by atoms with Crippen LogP contribution in [0.3, 0.4) is 0 Å². The summed E-state index contributed by atoms with van der Waals surface area (Å²) in [7, 11) is 1.34. The first kappa shape index (κ1) is 24.2. The molecule has 0 aliphatic carbocycles. The fourth-order valence-electron chi connectivity index (χ4n) is 2.87. The van der Waals surface area contributed by atoms with Gasteiger partial charge in [-0.2, -0.15) is 13.2 Å². The van der Waals surface area contributed by atoms with Gasteiger partial charge < -0.3 is 10.0 Å². The second kappa shape index (κ2) is 11.9. The van der Waals surface area contributed by atoms with Crippen molar-refractivity contribution in [3.05, 3.63) is 20.8 Å². The van der Waals surface area contributed by atoms with Crippen LogP contribution in [0.15, 0.2) is 9.59 Å². The third-order valence-electron chi connectivity index (χ3n) is 4.47. The highest BCUT2D eigenvalue weighted by Crippen LogP contribution is 2.21. The maximum absolute atomic E-state index is 12.5. The van der Waals surface area contributed by atoms with E-state index in [9.17, 15) is 22.8 Å². The molecule has 0 fully saturated rings. The van der Waals surface area contributed by atoms with E-state index in [1.807, 2.05) is 0 Å². The molecule has 0 saturated carbocycles. The Morgan fingerprint density at radius 3 is 2.29 bits per heavy atom. The number of alkyl halides is 3. The average Bonchev–Trinajstić information content (AvgIpc) is 2.63. The average molecular weight is 408 g/mol. The number of hydrogen-bond acceptors (Lipinski definition) is 5. The zero-order valence-corrected chi connectivity index (χ0v) is 16.7. The minimum Gasteiger partial charge on any atom is -0.396 e. The Balaban J connectivity index is 3.00. The van der Waals surface area contributed by atoms with E-state index in [1.54, 1.807) is 0 Å². The van der Waals surface area contributed by atoms with Crippen molar-refractivity contribution in [1.29, 1.82) is 0 Å². The van der Waals surface area contributed by atoms with Gasteiger partial charge in [-0.3, -0.25) is 9.36 Å². The van der Waals surface area contributed by atoms with Gasteiger partial charge in [0.15, 0.2) is 0 Å². The summed E-state index contributed by atoms with van der Waals surface area (Å²) in [6.45, 7) is 2.44. The molecule has 0 aliphatic rings. The maximum Gasteiger partial charge on any atom is 0.389 e. The van der Waals surface area contributed by atoms with E-state index in [1.165, 1.54) is 16.6 Å². The first-order valence-electron chi connectivity index (χ1n) is 9.82. The number of aliphatic hydroxyl groups is 1. The summed E-state index contributed by atoms with van der Waals surface area (Å²) in [5, 5.41) is 13.2. The van der Waals surface area contributed by atoms with Gasteiger partial charge in [-0.15, -0.1) is 5.10 Å². The molecule has 1 aromatic heterocycles. The largest absolute Gasteiger partial charge is 0.396 e. The Bertz CT molecular complexity index is 701. The van der Waals surface area contributed by atoms with Crippen LogP contribution in [-0.2, 0) is 13.6 Å². The normalized spacial score (nSPS) is 11.8. The second-order valence-corrected chi connectivity index (χ2v) is 6.89. The summed E-state index contributed by atoms with van der Waals surface area (Å²) in [5.74, 6) is -0.0497. The first-order valence-corrected chi connectivity index (χ1v) is 9.82. The Kier molecular flexibility index (Phi) is 10.3. The number of aromatic nitrogens is 3. The Morgan fingerprint density at radius 1 is 1.04 bits per heavy atom. The smallest absolute Gasteiger partial charge is 0.389 e. The summed E-state index contributed by atoms with van der Waals surface area (Å²) < 4.78 is 39.5. The van der Waals surface area contributed by atoms with Gasteiger partial charge in [0, 0.05) is 39.7 Å². The molecule has 28 heavy (non-hydrogen) atoms. The molecule has 1 heterocycles. The summed E-state index contributed by atoms with van der Waals surface area (Å²) in [6, 6.07) is 0. The van der Waals surface area contributed by atoms with Crippen LogP contribution >= 0.6 is 0 Å². The molecule has 162 valence electrons. The van der Waals surface area contributed by atoms with Crippen molar-refractivity contribution >= 4 is 5.82 Å². The number of rotatable bonds is 13. The summed E-state index contributed by atoms with van der Waals surface area (Å²) in [6.07, 6.45) is -0.255. The standard InChI is InChI=1S/C18H31F3N4O3/c1-3-4-5-6-7-13-25-17(28)23(2)16(27)15(22-25)24(12-9-14-26)11-8-10-18(19,20)21/h26H,3-14H2,1-2H3. The molecule has 0 amide bonds. The van der Waals surface area contributed by atoms with Gasteiger partial charge in [0.05, 0.1) is 0 Å². The van der Waals surface area contributed by atoms with Crippen LogP contribution in [0.4, 0.5) is 19.0 Å². The molecule has 1 N–H and O–H groups in total. The fraction of sp³-hybridized carbons (Fsp3) is 0.833. The van der Waals surface area contributed by atoms with Gasteiger partial charge in [-0.05, 0) is 19.3 Å². The van der Waals surface area contributed by atoms with E-state index in [0.717, 1.165) is 36.7 Å². The molecular formula is C18H31F3N4O3. The monoisotopic (exact) mass is 408 g/mol. The zero-order valence-electron chi connectivity index (χ0n) is 16.7. The van der Waals surface area contributed by atoms with Gasteiger partial charge in [0.2, 0.25) is 5.82 Å². The zero-order chi connectivity index (χ0) is 21.2. The van der Waals surface area contributed by atoms with Crippen LogP contribution in [0, 0.1) is 0 Å². The predicted molar refractivity (Wildman–Crippen MR) is 102 cm³/mol. The summed E-state index contributed by atoms with van der Waals surface area (Å²) >= 11 is 0. The molecule has 0 bridgehead atoms. The highest BCUT2D eigenvalue weighted by atomic mass is 19.4. The summed E-state index contributed by atoms with van der Waals surface area (Å²) in [4.78, 5) is 26.2. The molecule has 0 aliphatic heterocycles. The molecule has 1 rings (SSSR count). The minimum absolute atomic E-state index is 0.0313. The highest BCUT2D eigenvalue weighted by molar-refractivity contribution is 5.34. The number of aryl methyl sites for hydroxylation is 1. The summed E-state index contributed by atoms with van der Waals surface area (Å²) in [5.41, 5.74) is -1.18. The topological polar surface area (TPSA) is 80.4 Å². The lowest BCUT2D eigenvalue weighted by Gasteiger charge is -2.24. The molecule has 1 aromatic rings. The molecule has 0 unspecified atom stereocenters. The van der Waals surface area contributed by atoms with Crippen molar-refractivity contribution in [3.8, 4) is 0 Å². The third kappa shape index (κ3) is 8.04. The molecule has 0 saturated heterocycles. The molecule has 10 heteroatoms. The number of halogens is 3. The van der Waals surface area contributed by atoms with E-state index in [4.69, 9.17) is 5.11 Å². The van der Waals surface area contributed by atoms with Crippen LogP contribution < -0.4 is 16.1 Å². The van der Waals surface area contributed by atoms with Crippen molar-refractivity contribution < 1.29 is 18.3 Å². The van der Waals surface area contributed by atoms with Crippen LogP contribution in [0.2, 0.25) is 0 Å². The highest BCUT2D eigenvalue weighted by Gasteiger charge is 2.27. The lowest BCUT2D eigenvalue weighted by molar-refractivity contribution is -0.135. The van der Waals surface area contributed by atoms with Gasteiger partial charge in [-0.1, -0.05) is 32.6 Å². The van der Waals surface area contributed by atoms with Crippen molar-refractivity contribution in [2.45, 2.75) is 71.0 Å². The quantitative estimate of drug-likeness (QED) is 0.507. The Morgan fingerprint density at radius 2 is 1.68 bits per heavy atom. The van der Waals surface area contributed by atoms with Crippen molar-refractivity contribution in [2.24, 2.45) is 7.05 Å². The van der Waals surface area contributed by atoms with Crippen molar-refractivity contribution in [1.82, 2.24) is 14.3 Å². The first-order chi connectivity index (χ1) is 13.2. The predicted octanol–water partition coefficient (Wildman–Crippen LogP) is 2.44. The van der Waals surface area contributed by atoms with Crippen molar-refractivity contribution in [3.63, 3.8) is 0 Å². The Hall–Kier alpha value is -1.84.